The summed E-state index contributed by atoms with van der Waals surface area (Å²) < 4.78 is 1.47. The van der Waals surface area contributed by atoms with Crippen molar-refractivity contribution in [3.8, 4) is 0 Å². The number of urea groups is 1. The van der Waals surface area contributed by atoms with Crippen molar-refractivity contribution in [2.45, 2.75) is 25.3 Å². The summed E-state index contributed by atoms with van der Waals surface area (Å²) in [4.78, 5) is 25.5. The third kappa shape index (κ3) is 2.59. The number of likely N-dealkylation sites (tertiary alicyclic amines) is 1. The highest BCUT2D eigenvalue weighted by atomic mass is 16.4. The SMILES string of the molecule is Cn1nccc1C(NC(=O)N1C[C@H]2CCC[C@H]2C1)C(=O)O. The maximum atomic E-state index is 12.3. The lowest BCUT2D eigenvalue weighted by molar-refractivity contribution is -0.139. The van der Waals surface area contributed by atoms with Gasteiger partial charge in [-0.15, -0.1) is 0 Å². The molecule has 7 heteroatoms. The first-order valence-electron chi connectivity index (χ1n) is 7.32. The molecule has 0 spiro atoms. The van der Waals surface area contributed by atoms with Crippen LogP contribution < -0.4 is 5.32 Å². The fraction of sp³-hybridized carbons (Fsp3) is 0.643. The summed E-state index contributed by atoms with van der Waals surface area (Å²) in [6.07, 6.45) is 5.13. The molecule has 1 aromatic rings. The number of aromatic nitrogens is 2. The quantitative estimate of drug-likeness (QED) is 0.869. The monoisotopic (exact) mass is 292 g/mol. The summed E-state index contributed by atoms with van der Waals surface area (Å²) in [7, 11) is 1.66. The molecule has 1 unspecified atom stereocenters. The molecule has 0 radical (unpaired) electrons. The summed E-state index contributed by atoms with van der Waals surface area (Å²) >= 11 is 0. The molecule has 1 saturated heterocycles. The summed E-state index contributed by atoms with van der Waals surface area (Å²) in [6.45, 7) is 1.49. The van der Waals surface area contributed by atoms with E-state index in [4.69, 9.17) is 0 Å². The van der Waals surface area contributed by atoms with Gasteiger partial charge in [-0.2, -0.15) is 5.10 Å². The molecule has 3 rings (SSSR count). The van der Waals surface area contributed by atoms with E-state index in [-0.39, 0.29) is 6.03 Å². The van der Waals surface area contributed by atoms with Crippen LogP contribution in [-0.2, 0) is 11.8 Å². The number of carbonyl (C=O) groups excluding carboxylic acids is 1. The Kier molecular flexibility index (Phi) is 3.57. The molecule has 21 heavy (non-hydrogen) atoms. The van der Waals surface area contributed by atoms with Crippen LogP contribution in [0.3, 0.4) is 0 Å². The second-order valence-electron chi connectivity index (χ2n) is 5.96. The Balaban J connectivity index is 1.68. The van der Waals surface area contributed by atoms with Gasteiger partial charge in [-0.1, -0.05) is 6.42 Å². The van der Waals surface area contributed by atoms with Crippen LogP contribution in [-0.4, -0.2) is 44.9 Å². The third-order valence-corrected chi connectivity index (χ3v) is 4.68. The van der Waals surface area contributed by atoms with Crippen molar-refractivity contribution >= 4 is 12.0 Å². The van der Waals surface area contributed by atoms with E-state index in [9.17, 15) is 14.7 Å². The van der Waals surface area contributed by atoms with Gasteiger partial charge in [-0.05, 0) is 30.7 Å². The number of hydrogen-bond acceptors (Lipinski definition) is 3. The van der Waals surface area contributed by atoms with Gasteiger partial charge in [0.15, 0.2) is 6.04 Å². The number of carboxylic acids is 1. The van der Waals surface area contributed by atoms with Gasteiger partial charge in [0, 0.05) is 26.3 Å². The number of carbonyl (C=O) groups is 2. The van der Waals surface area contributed by atoms with Crippen LogP contribution in [0.2, 0.25) is 0 Å². The molecule has 3 atom stereocenters. The Morgan fingerprint density at radius 2 is 2.05 bits per heavy atom. The van der Waals surface area contributed by atoms with E-state index in [0.717, 1.165) is 13.1 Å². The highest BCUT2D eigenvalue weighted by molar-refractivity contribution is 5.83. The zero-order valence-corrected chi connectivity index (χ0v) is 12.0. The average molecular weight is 292 g/mol. The first-order valence-corrected chi connectivity index (χ1v) is 7.32. The fourth-order valence-electron chi connectivity index (χ4n) is 3.55. The van der Waals surface area contributed by atoms with Crippen LogP contribution in [0.15, 0.2) is 12.3 Å². The first-order chi connectivity index (χ1) is 10.1. The Hall–Kier alpha value is -2.05. The molecule has 2 heterocycles. The summed E-state index contributed by atoms with van der Waals surface area (Å²) in [5.41, 5.74) is 0.468. The van der Waals surface area contributed by atoms with Crippen LogP contribution in [0.25, 0.3) is 0 Å². The van der Waals surface area contributed by atoms with Gasteiger partial charge in [-0.25, -0.2) is 9.59 Å². The number of aliphatic carboxylic acids is 1. The molecule has 114 valence electrons. The molecule has 7 nitrogen and oxygen atoms in total. The van der Waals surface area contributed by atoms with Crippen molar-refractivity contribution in [3.05, 3.63) is 18.0 Å². The van der Waals surface area contributed by atoms with Gasteiger partial charge in [0.1, 0.15) is 0 Å². The molecule has 2 N–H and O–H groups in total. The maximum Gasteiger partial charge on any atom is 0.332 e. The topological polar surface area (TPSA) is 87.5 Å². The number of rotatable bonds is 3. The number of hydrogen-bond donors (Lipinski definition) is 2. The number of fused-ring (bicyclic) bond motifs is 1. The van der Waals surface area contributed by atoms with Gasteiger partial charge < -0.3 is 15.3 Å². The molecule has 2 aliphatic rings. The maximum absolute atomic E-state index is 12.3. The summed E-state index contributed by atoms with van der Waals surface area (Å²) in [5, 5.41) is 15.9. The number of nitrogens with one attached hydrogen (secondary N) is 1. The minimum absolute atomic E-state index is 0.294. The minimum atomic E-state index is -1.08. The highest BCUT2D eigenvalue weighted by Gasteiger charge is 2.39. The van der Waals surface area contributed by atoms with E-state index in [0.29, 0.717) is 17.5 Å². The molecule has 1 aliphatic carbocycles. The lowest BCUT2D eigenvalue weighted by atomic mass is 10.0. The minimum Gasteiger partial charge on any atom is -0.479 e. The smallest absolute Gasteiger partial charge is 0.332 e. The number of nitrogens with zero attached hydrogens (tertiary/aromatic N) is 3. The number of carboxylic acid groups (broad SMARTS) is 1. The molecule has 2 fully saturated rings. The first kappa shape index (κ1) is 13.9. The molecular formula is C14H20N4O3. The van der Waals surface area contributed by atoms with Gasteiger partial charge in [0.2, 0.25) is 0 Å². The molecule has 0 aromatic carbocycles. The Morgan fingerprint density at radius 1 is 1.38 bits per heavy atom. The van der Waals surface area contributed by atoms with Crippen LogP contribution in [0.1, 0.15) is 31.0 Å². The van der Waals surface area contributed by atoms with Gasteiger partial charge in [-0.3, -0.25) is 4.68 Å². The normalized spacial score (nSPS) is 25.7. The molecule has 1 saturated carbocycles. The third-order valence-electron chi connectivity index (χ3n) is 4.68. The van der Waals surface area contributed by atoms with E-state index in [1.54, 1.807) is 18.0 Å². The molecule has 1 aromatic heterocycles. The summed E-state index contributed by atoms with van der Waals surface area (Å²) in [6, 6.07) is 0.251. The predicted octanol–water partition coefficient (Wildman–Crippen LogP) is 0.987. The zero-order chi connectivity index (χ0) is 15.0. The van der Waals surface area contributed by atoms with Crippen molar-refractivity contribution in [1.82, 2.24) is 20.0 Å². The van der Waals surface area contributed by atoms with Crippen LogP contribution in [0, 0.1) is 11.8 Å². The largest absolute Gasteiger partial charge is 0.479 e. The molecular weight excluding hydrogens is 272 g/mol. The fourth-order valence-corrected chi connectivity index (χ4v) is 3.55. The second-order valence-corrected chi connectivity index (χ2v) is 5.96. The van der Waals surface area contributed by atoms with Gasteiger partial charge >= 0.3 is 12.0 Å². The number of amides is 2. The van der Waals surface area contributed by atoms with E-state index in [2.05, 4.69) is 10.4 Å². The van der Waals surface area contributed by atoms with E-state index >= 15 is 0 Å². The van der Waals surface area contributed by atoms with Crippen molar-refractivity contribution in [1.29, 1.82) is 0 Å². The molecule has 1 aliphatic heterocycles. The highest BCUT2D eigenvalue weighted by Crippen LogP contribution is 2.37. The van der Waals surface area contributed by atoms with Gasteiger partial charge in [0.05, 0.1) is 5.69 Å². The Labute approximate surface area is 122 Å². The van der Waals surface area contributed by atoms with Crippen LogP contribution in [0.4, 0.5) is 4.79 Å². The van der Waals surface area contributed by atoms with E-state index in [1.807, 2.05) is 0 Å². The second kappa shape index (κ2) is 5.38. The standard InChI is InChI=1S/C14H20N4O3/c1-17-11(5-6-15-17)12(13(19)20)16-14(21)18-7-9-3-2-4-10(9)8-18/h5-6,9-10,12H,2-4,7-8H2,1H3,(H,16,21)(H,19,20)/t9-,10+,12?. The van der Waals surface area contributed by atoms with Gasteiger partial charge in [0.25, 0.3) is 0 Å². The lowest BCUT2D eigenvalue weighted by Crippen LogP contribution is -2.43. The van der Waals surface area contributed by atoms with Crippen molar-refractivity contribution in [3.63, 3.8) is 0 Å². The Morgan fingerprint density at radius 3 is 2.57 bits per heavy atom. The molecule has 0 bridgehead atoms. The summed E-state index contributed by atoms with van der Waals surface area (Å²) in [5.74, 6) is 0.109. The zero-order valence-electron chi connectivity index (χ0n) is 12.0. The Bertz CT molecular complexity index is 544. The van der Waals surface area contributed by atoms with Crippen LogP contribution >= 0.6 is 0 Å². The van der Waals surface area contributed by atoms with Crippen LogP contribution in [0.5, 0.6) is 0 Å². The predicted molar refractivity (Wildman–Crippen MR) is 74.5 cm³/mol. The van der Waals surface area contributed by atoms with E-state index in [1.165, 1.54) is 30.1 Å². The van der Waals surface area contributed by atoms with Crippen molar-refractivity contribution in [2.24, 2.45) is 18.9 Å². The van der Waals surface area contributed by atoms with Crippen molar-refractivity contribution in [2.75, 3.05) is 13.1 Å². The number of aryl methyl sites for hydroxylation is 1. The van der Waals surface area contributed by atoms with E-state index < -0.39 is 12.0 Å². The lowest BCUT2D eigenvalue weighted by Gasteiger charge is -2.21. The average Bonchev–Trinajstić information content (AvgIpc) is 3.10. The van der Waals surface area contributed by atoms with Crippen molar-refractivity contribution < 1.29 is 14.7 Å². The molecule has 2 amide bonds.